The van der Waals surface area contributed by atoms with E-state index in [1.54, 1.807) is 0 Å². The molecule has 2 aliphatic rings. The number of rotatable bonds is 6. The van der Waals surface area contributed by atoms with Crippen LogP contribution in [0.1, 0.15) is 25.7 Å². The summed E-state index contributed by atoms with van der Waals surface area (Å²) in [6.45, 7) is 0.932. The highest BCUT2D eigenvalue weighted by Crippen LogP contribution is 2.49. The van der Waals surface area contributed by atoms with Gasteiger partial charge in [-0.05, 0) is 43.4 Å². The van der Waals surface area contributed by atoms with E-state index in [4.69, 9.17) is 10.5 Å². The van der Waals surface area contributed by atoms with Gasteiger partial charge in [-0.3, -0.25) is 0 Å². The van der Waals surface area contributed by atoms with E-state index >= 15 is 0 Å². The van der Waals surface area contributed by atoms with Crippen LogP contribution in [0.4, 0.5) is 11.9 Å². The van der Waals surface area contributed by atoms with Gasteiger partial charge in [0.1, 0.15) is 0 Å². The lowest BCUT2D eigenvalue weighted by atomic mass is 9.98. The Morgan fingerprint density at radius 3 is 2.44 bits per heavy atom. The molecule has 2 aliphatic carbocycles. The summed E-state index contributed by atoms with van der Waals surface area (Å²) in [7, 11) is 1.52. The molecule has 0 saturated heterocycles. The van der Waals surface area contributed by atoms with E-state index in [0.29, 0.717) is 5.95 Å². The highest BCUT2D eigenvalue weighted by Gasteiger charge is 2.41. The van der Waals surface area contributed by atoms with Gasteiger partial charge in [-0.2, -0.15) is 15.0 Å². The number of aromatic nitrogens is 3. The van der Waals surface area contributed by atoms with E-state index in [1.165, 1.54) is 32.8 Å². The summed E-state index contributed by atoms with van der Waals surface area (Å²) >= 11 is 0. The van der Waals surface area contributed by atoms with Gasteiger partial charge in [0.2, 0.25) is 11.9 Å². The smallest absolute Gasteiger partial charge is 0.322 e. The number of nitrogens with zero attached hydrogens (tertiary/aromatic N) is 3. The van der Waals surface area contributed by atoms with Crippen molar-refractivity contribution in [1.29, 1.82) is 0 Å². The highest BCUT2D eigenvalue weighted by atomic mass is 16.5. The molecule has 0 unspecified atom stereocenters. The number of nitrogens with one attached hydrogen (secondary N) is 1. The molecule has 0 aromatic carbocycles. The number of hydrogen-bond acceptors (Lipinski definition) is 6. The second kappa shape index (κ2) is 4.59. The van der Waals surface area contributed by atoms with Gasteiger partial charge in [0.15, 0.2) is 0 Å². The van der Waals surface area contributed by atoms with Gasteiger partial charge in [-0.25, -0.2) is 0 Å². The minimum absolute atomic E-state index is 0.193. The Hall–Kier alpha value is -1.59. The fourth-order valence-electron chi connectivity index (χ4n) is 2.52. The summed E-state index contributed by atoms with van der Waals surface area (Å²) in [5, 5.41) is 3.28. The third kappa shape index (κ3) is 2.63. The van der Waals surface area contributed by atoms with Gasteiger partial charge in [0.25, 0.3) is 0 Å². The Labute approximate surface area is 106 Å². The van der Waals surface area contributed by atoms with Crippen molar-refractivity contribution in [2.24, 2.45) is 17.8 Å². The molecular weight excluding hydrogens is 230 g/mol. The third-order valence-corrected chi connectivity index (χ3v) is 3.77. The lowest BCUT2D eigenvalue weighted by molar-refractivity contribution is 0.379. The maximum atomic E-state index is 5.60. The van der Waals surface area contributed by atoms with E-state index in [2.05, 4.69) is 20.3 Å². The van der Waals surface area contributed by atoms with Crippen LogP contribution in [0.15, 0.2) is 0 Å². The molecular formula is C12H19N5O. The first-order valence-electron chi connectivity index (χ1n) is 6.55. The SMILES string of the molecule is COc1nc(N)nc(NCC(C2CC2)C2CC2)n1. The monoisotopic (exact) mass is 249 g/mol. The summed E-state index contributed by atoms with van der Waals surface area (Å²) in [5.74, 6) is 3.30. The molecule has 0 spiro atoms. The molecule has 0 aliphatic heterocycles. The molecule has 6 nitrogen and oxygen atoms in total. The molecule has 2 saturated carbocycles. The van der Waals surface area contributed by atoms with Crippen LogP contribution in [-0.2, 0) is 0 Å². The minimum atomic E-state index is 0.193. The topological polar surface area (TPSA) is 86.0 Å². The zero-order valence-corrected chi connectivity index (χ0v) is 10.6. The van der Waals surface area contributed by atoms with Crippen molar-refractivity contribution >= 4 is 11.9 Å². The van der Waals surface area contributed by atoms with Crippen LogP contribution in [0.2, 0.25) is 0 Å². The molecule has 6 heteroatoms. The van der Waals surface area contributed by atoms with Gasteiger partial charge in [0, 0.05) is 6.54 Å². The number of nitrogens with two attached hydrogens (primary N) is 1. The lowest BCUT2D eigenvalue weighted by Gasteiger charge is -2.16. The van der Waals surface area contributed by atoms with Crippen molar-refractivity contribution in [2.75, 3.05) is 24.7 Å². The predicted molar refractivity (Wildman–Crippen MR) is 68.2 cm³/mol. The summed E-state index contributed by atoms with van der Waals surface area (Å²) in [4.78, 5) is 12.1. The molecule has 0 atom stereocenters. The molecule has 1 aromatic heterocycles. The van der Waals surface area contributed by atoms with Crippen LogP contribution in [0.3, 0.4) is 0 Å². The Morgan fingerprint density at radius 1 is 1.22 bits per heavy atom. The summed E-state index contributed by atoms with van der Waals surface area (Å²) < 4.78 is 4.98. The van der Waals surface area contributed by atoms with Crippen LogP contribution in [0.5, 0.6) is 6.01 Å². The second-order valence-electron chi connectivity index (χ2n) is 5.22. The van der Waals surface area contributed by atoms with Gasteiger partial charge >= 0.3 is 6.01 Å². The Balaban J connectivity index is 1.62. The average molecular weight is 249 g/mol. The van der Waals surface area contributed by atoms with Gasteiger partial charge in [0.05, 0.1) is 7.11 Å². The maximum Gasteiger partial charge on any atom is 0.322 e. The fourth-order valence-corrected chi connectivity index (χ4v) is 2.52. The highest BCUT2D eigenvalue weighted by molar-refractivity contribution is 5.32. The van der Waals surface area contributed by atoms with E-state index in [9.17, 15) is 0 Å². The van der Waals surface area contributed by atoms with E-state index < -0.39 is 0 Å². The molecule has 2 fully saturated rings. The molecule has 1 heterocycles. The van der Waals surface area contributed by atoms with Crippen LogP contribution < -0.4 is 15.8 Å². The van der Waals surface area contributed by atoms with Crippen molar-refractivity contribution in [3.63, 3.8) is 0 Å². The largest absolute Gasteiger partial charge is 0.467 e. The predicted octanol–water partition coefficient (Wildman–Crippen LogP) is 1.31. The Kier molecular flexibility index (Phi) is 2.93. The Bertz CT molecular complexity index is 418. The quantitative estimate of drug-likeness (QED) is 0.790. The van der Waals surface area contributed by atoms with Crippen LogP contribution in [0.25, 0.3) is 0 Å². The van der Waals surface area contributed by atoms with Gasteiger partial charge in [-0.15, -0.1) is 0 Å². The van der Waals surface area contributed by atoms with Crippen molar-refractivity contribution in [3.05, 3.63) is 0 Å². The van der Waals surface area contributed by atoms with Gasteiger partial charge in [-0.1, -0.05) is 0 Å². The number of methoxy groups -OCH3 is 1. The third-order valence-electron chi connectivity index (χ3n) is 3.77. The maximum absolute atomic E-state index is 5.60. The molecule has 0 amide bonds. The van der Waals surface area contributed by atoms with Crippen LogP contribution in [0, 0.1) is 17.8 Å². The standard InChI is InChI=1S/C12H19N5O/c1-18-12-16-10(13)15-11(17-12)14-6-9(7-2-3-7)8-4-5-8/h7-9H,2-6H2,1H3,(H3,13,14,15,16,17). The molecule has 0 radical (unpaired) electrons. The first-order chi connectivity index (χ1) is 8.76. The molecule has 3 N–H and O–H groups in total. The average Bonchev–Trinajstić information content (AvgIpc) is 3.22. The summed E-state index contributed by atoms with van der Waals surface area (Å²) in [5.41, 5.74) is 5.60. The number of ether oxygens (including phenoxy) is 1. The number of nitrogen functional groups attached to an aromatic ring is 1. The minimum Gasteiger partial charge on any atom is -0.467 e. The zero-order valence-electron chi connectivity index (χ0n) is 10.6. The van der Waals surface area contributed by atoms with Crippen LogP contribution in [-0.4, -0.2) is 28.6 Å². The second-order valence-corrected chi connectivity index (χ2v) is 5.22. The molecule has 98 valence electrons. The number of hydrogen-bond donors (Lipinski definition) is 2. The zero-order chi connectivity index (χ0) is 12.5. The summed E-state index contributed by atoms with van der Waals surface area (Å²) in [6.07, 6.45) is 5.52. The van der Waals surface area contributed by atoms with Gasteiger partial charge < -0.3 is 15.8 Å². The molecule has 1 aromatic rings. The van der Waals surface area contributed by atoms with E-state index in [1.807, 2.05) is 0 Å². The van der Waals surface area contributed by atoms with E-state index in [-0.39, 0.29) is 12.0 Å². The summed E-state index contributed by atoms with van der Waals surface area (Å²) in [6, 6.07) is 0.263. The molecule has 0 bridgehead atoms. The first-order valence-corrected chi connectivity index (χ1v) is 6.55. The van der Waals surface area contributed by atoms with Crippen molar-refractivity contribution in [3.8, 4) is 6.01 Å². The van der Waals surface area contributed by atoms with Crippen LogP contribution >= 0.6 is 0 Å². The molecule has 18 heavy (non-hydrogen) atoms. The van der Waals surface area contributed by atoms with E-state index in [0.717, 1.165) is 24.3 Å². The Morgan fingerprint density at radius 2 is 1.89 bits per heavy atom. The fraction of sp³-hybridized carbons (Fsp3) is 0.750. The normalized spacial score (nSPS) is 19.0. The first kappa shape index (κ1) is 11.5. The molecule has 3 rings (SSSR count). The lowest BCUT2D eigenvalue weighted by Crippen LogP contribution is -2.20. The van der Waals surface area contributed by atoms with Crippen molar-refractivity contribution in [1.82, 2.24) is 15.0 Å². The van der Waals surface area contributed by atoms with Crippen molar-refractivity contribution in [2.45, 2.75) is 25.7 Å². The van der Waals surface area contributed by atoms with Crippen molar-refractivity contribution < 1.29 is 4.74 Å². The number of anilines is 2.